The summed E-state index contributed by atoms with van der Waals surface area (Å²) < 4.78 is 0. The molecule has 3 N–H and O–H groups in total. The molecule has 1 aromatic carbocycles. The Kier molecular flexibility index (Phi) is 7.40. The summed E-state index contributed by atoms with van der Waals surface area (Å²) in [5.74, 6) is 1.35. The fourth-order valence-electron chi connectivity index (χ4n) is 1.97. The summed E-state index contributed by atoms with van der Waals surface area (Å²) in [7, 11) is 0. The topological polar surface area (TPSA) is 50.4 Å². The summed E-state index contributed by atoms with van der Waals surface area (Å²) in [5, 5.41) is 4.42. The van der Waals surface area contributed by atoms with E-state index in [0.717, 1.165) is 24.4 Å². The molecule has 0 saturated heterocycles. The van der Waals surface area contributed by atoms with Gasteiger partial charge in [0.1, 0.15) is 0 Å². The quantitative estimate of drug-likeness (QED) is 0.416. The van der Waals surface area contributed by atoms with Crippen LogP contribution < -0.4 is 11.1 Å². The van der Waals surface area contributed by atoms with Crippen LogP contribution in [0.1, 0.15) is 37.8 Å². The third kappa shape index (κ3) is 5.66. The number of nitrogens with one attached hydrogen (secondary N) is 1. The van der Waals surface area contributed by atoms with Crippen LogP contribution in [0.5, 0.6) is 0 Å². The molecule has 2 rings (SSSR count). The van der Waals surface area contributed by atoms with Gasteiger partial charge >= 0.3 is 0 Å². The Labute approximate surface area is 147 Å². The van der Waals surface area contributed by atoms with Gasteiger partial charge < -0.3 is 11.1 Å². The minimum atomic E-state index is 0. The lowest BCUT2D eigenvalue weighted by Gasteiger charge is -2.16. The molecule has 3 nitrogen and oxygen atoms in total. The van der Waals surface area contributed by atoms with Gasteiger partial charge in [-0.05, 0) is 37.0 Å². The van der Waals surface area contributed by atoms with Crippen molar-refractivity contribution in [2.24, 2.45) is 16.6 Å². The lowest BCUT2D eigenvalue weighted by atomic mass is 10.1. The molecule has 0 aromatic heterocycles. The van der Waals surface area contributed by atoms with Crippen LogP contribution in [0.3, 0.4) is 0 Å². The molecule has 0 radical (unpaired) electrons. The summed E-state index contributed by atoms with van der Waals surface area (Å²) in [4.78, 5) is 4.33. The van der Waals surface area contributed by atoms with E-state index < -0.39 is 0 Å². The first-order valence-electron chi connectivity index (χ1n) is 6.57. The third-order valence-corrected chi connectivity index (χ3v) is 3.87. The lowest BCUT2D eigenvalue weighted by molar-refractivity contribution is 0.695. The van der Waals surface area contributed by atoms with Crippen molar-refractivity contribution in [3.8, 4) is 0 Å². The Hall–Kier alpha value is -0.200. The highest BCUT2D eigenvalue weighted by atomic mass is 127. The second-order valence-electron chi connectivity index (χ2n) is 5.03. The molecule has 0 amide bonds. The molecule has 0 aliphatic heterocycles. The maximum absolute atomic E-state index is 6.16. The zero-order chi connectivity index (χ0) is 13.8. The number of hydrogen-bond acceptors (Lipinski definition) is 1. The molecule has 1 atom stereocenters. The summed E-state index contributed by atoms with van der Waals surface area (Å²) in [5.41, 5.74) is 6.83. The molecule has 1 aliphatic carbocycles. The van der Waals surface area contributed by atoms with Crippen molar-refractivity contribution in [3.05, 3.63) is 33.8 Å². The van der Waals surface area contributed by atoms with Crippen molar-refractivity contribution in [1.29, 1.82) is 0 Å². The van der Waals surface area contributed by atoms with Crippen molar-refractivity contribution >= 4 is 53.1 Å². The van der Waals surface area contributed by atoms with Crippen LogP contribution in [0.25, 0.3) is 0 Å². The summed E-state index contributed by atoms with van der Waals surface area (Å²) in [6.45, 7) is 2.79. The molecule has 0 spiro atoms. The van der Waals surface area contributed by atoms with Crippen molar-refractivity contribution in [1.82, 2.24) is 5.32 Å². The number of rotatable bonds is 5. The van der Waals surface area contributed by atoms with Crippen molar-refractivity contribution in [3.63, 3.8) is 0 Å². The van der Waals surface area contributed by atoms with Gasteiger partial charge in [0, 0.05) is 16.6 Å². The fourth-order valence-corrected chi connectivity index (χ4v) is 2.54. The van der Waals surface area contributed by atoms with Gasteiger partial charge in [-0.2, -0.15) is 0 Å². The zero-order valence-electron chi connectivity index (χ0n) is 11.4. The molecule has 20 heavy (non-hydrogen) atoms. The van der Waals surface area contributed by atoms with Gasteiger partial charge in [-0.25, -0.2) is 0 Å². The molecule has 1 unspecified atom stereocenters. The predicted molar refractivity (Wildman–Crippen MR) is 97.3 cm³/mol. The number of nitrogens with zero attached hydrogens (tertiary/aromatic N) is 1. The van der Waals surface area contributed by atoms with E-state index in [-0.39, 0.29) is 30.0 Å². The Morgan fingerprint density at radius 3 is 2.75 bits per heavy atom. The van der Waals surface area contributed by atoms with Crippen LogP contribution in [-0.4, -0.2) is 12.5 Å². The van der Waals surface area contributed by atoms with Crippen LogP contribution in [0.2, 0.25) is 10.0 Å². The van der Waals surface area contributed by atoms with E-state index in [4.69, 9.17) is 28.9 Å². The zero-order valence-corrected chi connectivity index (χ0v) is 15.2. The average Bonchev–Trinajstić information content (AvgIpc) is 3.12. The minimum Gasteiger partial charge on any atom is -0.370 e. The smallest absolute Gasteiger partial charge is 0.189 e. The van der Waals surface area contributed by atoms with Gasteiger partial charge in [0.05, 0.1) is 6.04 Å². The number of halogens is 3. The minimum absolute atomic E-state index is 0. The third-order valence-electron chi connectivity index (χ3n) is 3.31. The molecule has 1 aliphatic rings. The Bertz CT molecular complexity index is 475. The monoisotopic (exact) mass is 427 g/mol. The number of nitrogens with two attached hydrogens (primary N) is 1. The maximum Gasteiger partial charge on any atom is 0.189 e. The summed E-state index contributed by atoms with van der Waals surface area (Å²) in [6, 6.07) is 5.47. The van der Waals surface area contributed by atoms with Gasteiger partial charge in [-0.3, -0.25) is 4.99 Å². The fraction of sp³-hybridized carbons (Fsp3) is 0.500. The van der Waals surface area contributed by atoms with Gasteiger partial charge in [0.15, 0.2) is 5.96 Å². The van der Waals surface area contributed by atoms with E-state index in [0.29, 0.717) is 16.0 Å². The molecule has 112 valence electrons. The lowest BCUT2D eigenvalue weighted by Crippen LogP contribution is -2.34. The molecule has 1 saturated carbocycles. The van der Waals surface area contributed by atoms with Crippen LogP contribution in [0.4, 0.5) is 0 Å². The van der Waals surface area contributed by atoms with Crippen LogP contribution in [-0.2, 0) is 0 Å². The predicted octanol–water partition coefficient (Wildman–Crippen LogP) is 4.38. The molecular formula is C14H20Cl2IN3. The average molecular weight is 428 g/mol. The van der Waals surface area contributed by atoms with Gasteiger partial charge in [-0.1, -0.05) is 42.1 Å². The first kappa shape index (κ1) is 17.9. The van der Waals surface area contributed by atoms with E-state index in [1.807, 2.05) is 19.1 Å². The second-order valence-corrected chi connectivity index (χ2v) is 5.87. The largest absolute Gasteiger partial charge is 0.370 e. The molecule has 1 fully saturated rings. The number of aliphatic imine (C=N–C) groups is 1. The molecular weight excluding hydrogens is 408 g/mol. The summed E-state index contributed by atoms with van der Waals surface area (Å²) >= 11 is 12.0. The van der Waals surface area contributed by atoms with E-state index in [1.54, 1.807) is 6.07 Å². The maximum atomic E-state index is 6.16. The highest BCUT2D eigenvalue weighted by molar-refractivity contribution is 14.0. The van der Waals surface area contributed by atoms with Gasteiger partial charge in [-0.15, -0.1) is 24.0 Å². The number of guanidine groups is 1. The highest BCUT2D eigenvalue weighted by Gasteiger charge is 2.20. The second kappa shape index (κ2) is 8.29. The Morgan fingerprint density at radius 1 is 1.45 bits per heavy atom. The molecule has 0 heterocycles. The van der Waals surface area contributed by atoms with E-state index in [9.17, 15) is 0 Å². The molecule has 1 aromatic rings. The number of benzene rings is 1. The Morgan fingerprint density at radius 2 is 2.15 bits per heavy atom. The SMILES string of the molecule is CC(NC(N)=NCCC1CC1)c1ccc(Cl)cc1Cl.I. The standard InChI is InChI=1S/C14H19Cl2N3.HI/c1-9(12-5-4-11(15)8-13(12)16)19-14(17)18-7-6-10-2-3-10;/h4-5,8-10H,2-3,6-7H2,1H3,(H3,17,18,19);1H. The first-order valence-corrected chi connectivity index (χ1v) is 7.33. The van der Waals surface area contributed by atoms with E-state index in [2.05, 4.69) is 10.3 Å². The van der Waals surface area contributed by atoms with Crippen molar-refractivity contribution < 1.29 is 0 Å². The van der Waals surface area contributed by atoms with E-state index in [1.165, 1.54) is 12.8 Å². The molecule has 6 heteroatoms. The van der Waals surface area contributed by atoms with Gasteiger partial charge in [0.25, 0.3) is 0 Å². The summed E-state index contributed by atoms with van der Waals surface area (Å²) in [6.07, 6.45) is 3.83. The van der Waals surface area contributed by atoms with Crippen molar-refractivity contribution in [2.75, 3.05) is 6.54 Å². The highest BCUT2D eigenvalue weighted by Crippen LogP contribution is 2.32. The van der Waals surface area contributed by atoms with Crippen LogP contribution in [0.15, 0.2) is 23.2 Å². The molecule has 0 bridgehead atoms. The normalized spacial score (nSPS) is 16.4. The first-order chi connectivity index (χ1) is 9.06. The van der Waals surface area contributed by atoms with Gasteiger partial charge in [0.2, 0.25) is 0 Å². The van der Waals surface area contributed by atoms with E-state index >= 15 is 0 Å². The Balaban J connectivity index is 0.00000200. The van der Waals surface area contributed by atoms with Crippen LogP contribution in [0, 0.1) is 5.92 Å². The van der Waals surface area contributed by atoms with Crippen LogP contribution >= 0.6 is 47.2 Å². The number of hydrogen-bond donors (Lipinski definition) is 2. The van der Waals surface area contributed by atoms with Crippen molar-refractivity contribution in [2.45, 2.75) is 32.2 Å².